The van der Waals surface area contributed by atoms with E-state index in [0.29, 0.717) is 31.5 Å². The summed E-state index contributed by atoms with van der Waals surface area (Å²) in [5.74, 6) is -0.288. The average Bonchev–Trinajstić information content (AvgIpc) is 2.62. The molecule has 1 aliphatic rings. The number of carbonyl (C=O) groups excluding carboxylic acids is 1. The Morgan fingerprint density at radius 2 is 2.00 bits per heavy atom. The maximum Gasteiger partial charge on any atom is 0.328 e. The molecule has 0 radical (unpaired) electrons. The number of rotatable bonds is 4. The Morgan fingerprint density at radius 3 is 2.70 bits per heavy atom. The third kappa shape index (κ3) is 4.36. The minimum Gasteiger partial charge on any atom is -0.390 e. The number of likely N-dealkylation sites (tertiary alicyclic amines) is 1. The molecule has 1 aliphatic heterocycles. The quantitative estimate of drug-likeness (QED) is 0.827. The fraction of sp³-hybridized carbons (Fsp3) is 0.450. The lowest BCUT2D eigenvalue weighted by molar-refractivity contribution is -0.139. The summed E-state index contributed by atoms with van der Waals surface area (Å²) in [5.41, 5.74) is -0.391. The smallest absolute Gasteiger partial charge is 0.328 e. The minimum atomic E-state index is -0.849. The summed E-state index contributed by atoms with van der Waals surface area (Å²) in [5, 5.41) is 10.8. The summed E-state index contributed by atoms with van der Waals surface area (Å²) in [6.07, 6.45) is 2.56. The number of hydrogen-bond donors (Lipinski definition) is 2. The molecule has 2 heterocycles. The predicted molar refractivity (Wildman–Crippen MR) is 102 cm³/mol. The lowest BCUT2D eigenvalue weighted by Gasteiger charge is -2.43. The van der Waals surface area contributed by atoms with Crippen molar-refractivity contribution in [3.8, 4) is 0 Å². The number of aryl methyl sites for hydroxylation is 1. The highest BCUT2D eigenvalue weighted by Gasteiger charge is 2.38. The number of nitrogens with zero attached hydrogens (tertiary/aromatic N) is 2. The maximum absolute atomic E-state index is 12.7. The van der Waals surface area contributed by atoms with E-state index < -0.39 is 16.9 Å². The van der Waals surface area contributed by atoms with Gasteiger partial charge in [0.05, 0.1) is 5.60 Å². The monoisotopic (exact) mass is 371 g/mol. The molecule has 3 rings (SSSR count). The van der Waals surface area contributed by atoms with Gasteiger partial charge in [0.15, 0.2) is 0 Å². The molecule has 7 nitrogen and oxygen atoms in total. The molecule has 1 aromatic carbocycles. The van der Waals surface area contributed by atoms with Gasteiger partial charge in [-0.15, -0.1) is 0 Å². The number of aromatic amines is 1. The van der Waals surface area contributed by atoms with Gasteiger partial charge >= 0.3 is 5.69 Å². The topological polar surface area (TPSA) is 95.4 Å². The number of piperidine rings is 1. The van der Waals surface area contributed by atoms with Gasteiger partial charge in [-0.05, 0) is 32.3 Å². The van der Waals surface area contributed by atoms with Gasteiger partial charge in [0.2, 0.25) is 5.91 Å². The zero-order valence-corrected chi connectivity index (χ0v) is 15.6. The first kappa shape index (κ1) is 19.1. The molecule has 0 spiro atoms. The fourth-order valence-corrected chi connectivity index (χ4v) is 3.51. The zero-order valence-electron chi connectivity index (χ0n) is 15.6. The number of carbonyl (C=O) groups is 1. The van der Waals surface area contributed by atoms with Crippen LogP contribution in [0.4, 0.5) is 0 Å². The molecule has 0 unspecified atom stereocenters. The molecule has 27 heavy (non-hydrogen) atoms. The standard InChI is InChI=1S/C20H25N3O4/c1-14-11-23(19(26)21-18(14)25)13-17(24)22-9-8-20(2,27)16(12-22)10-15-6-4-3-5-7-15/h3-7,11,16,27H,8-10,12-13H2,1-2H3,(H,21,25,26)/t16-,20+/m0/s1. The summed E-state index contributed by atoms with van der Waals surface area (Å²) in [4.78, 5) is 40.0. The molecule has 1 fully saturated rings. The Bertz CT molecular complexity index is 930. The van der Waals surface area contributed by atoms with Gasteiger partial charge in [0, 0.05) is 30.8 Å². The van der Waals surface area contributed by atoms with E-state index in [4.69, 9.17) is 0 Å². The van der Waals surface area contributed by atoms with E-state index in [2.05, 4.69) is 4.98 Å². The van der Waals surface area contributed by atoms with Crippen molar-refractivity contribution in [2.45, 2.75) is 38.8 Å². The second kappa shape index (κ2) is 7.52. The summed E-state index contributed by atoms with van der Waals surface area (Å²) >= 11 is 0. The number of H-pyrrole nitrogens is 1. The van der Waals surface area contributed by atoms with E-state index in [0.717, 1.165) is 5.56 Å². The molecule has 1 amide bonds. The van der Waals surface area contributed by atoms with E-state index in [1.165, 1.54) is 10.8 Å². The molecule has 2 N–H and O–H groups in total. The van der Waals surface area contributed by atoms with Crippen molar-refractivity contribution in [3.05, 3.63) is 68.5 Å². The van der Waals surface area contributed by atoms with Crippen LogP contribution in [0.2, 0.25) is 0 Å². The van der Waals surface area contributed by atoms with Crippen LogP contribution in [0.5, 0.6) is 0 Å². The van der Waals surface area contributed by atoms with Crippen LogP contribution in [-0.2, 0) is 17.8 Å². The Morgan fingerprint density at radius 1 is 1.30 bits per heavy atom. The Labute approximate surface area is 157 Å². The van der Waals surface area contributed by atoms with Gasteiger partial charge < -0.3 is 10.0 Å². The number of aliphatic hydroxyl groups is 1. The van der Waals surface area contributed by atoms with Crippen LogP contribution in [0.25, 0.3) is 0 Å². The molecule has 1 saturated heterocycles. The van der Waals surface area contributed by atoms with Crippen molar-refractivity contribution >= 4 is 5.91 Å². The second-order valence-electron chi connectivity index (χ2n) is 7.53. The number of hydrogen-bond acceptors (Lipinski definition) is 4. The average molecular weight is 371 g/mol. The van der Waals surface area contributed by atoms with Crippen molar-refractivity contribution in [1.29, 1.82) is 0 Å². The summed E-state index contributed by atoms with van der Waals surface area (Å²) in [6, 6.07) is 9.89. The molecule has 1 aromatic heterocycles. The second-order valence-corrected chi connectivity index (χ2v) is 7.53. The fourth-order valence-electron chi connectivity index (χ4n) is 3.51. The maximum atomic E-state index is 12.7. The molecule has 7 heteroatoms. The normalized spacial score (nSPS) is 22.6. The number of nitrogens with one attached hydrogen (secondary N) is 1. The van der Waals surface area contributed by atoms with Crippen LogP contribution in [-0.4, -0.2) is 44.2 Å². The van der Waals surface area contributed by atoms with Crippen LogP contribution in [0, 0.1) is 12.8 Å². The summed E-state index contributed by atoms with van der Waals surface area (Å²) in [7, 11) is 0. The van der Waals surface area contributed by atoms with Crippen LogP contribution < -0.4 is 11.2 Å². The van der Waals surface area contributed by atoms with E-state index in [1.807, 2.05) is 37.3 Å². The van der Waals surface area contributed by atoms with E-state index in [1.54, 1.807) is 11.8 Å². The number of benzene rings is 1. The van der Waals surface area contributed by atoms with E-state index in [-0.39, 0.29) is 18.4 Å². The molecular weight excluding hydrogens is 346 g/mol. The zero-order chi connectivity index (χ0) is 19.6. The number of aromatic nitrogens is 2. The summed E-state index contributed by atoms with van der Waals surface area (Å²) in [6.45, 7) is 4.15. The van der Waals surface area contributed by atoms with Crippen molar-refractivity contribution in [1.82, 2.24) is 14.5 Å². The Kier molecular flexibility index (Phi) is 5.32. The van der Waals surface area contributed by atoms with Gasteiger partial charge in [0.25, 0.3) is 5.56 Å². The molecule has 2 aromatic rings. The molecular formula is C20H25N3O4. The molecule has 0 bridgehead atoms. The predicted octanol–water partition coefficient (Wildman–Crippen LogP) is 0.687. The lowest BCUT2D eigenvalue weighted by Crippen LogP contribution is -2.53. The van der Waals surface area contributed by atoms with Crippen molar-refractivity contribution in [3.63, 3.8) is 0 Å². The Hall–Kier alpha value is -2.67. The lowest BCUT2D eigenvalue weighted by atomic mass is 9.79. The SMILES string of the molecule is Cc1cn(CC(=O)N2CC[C@@](C)(O)[C@@H](Cc3ccccc3)C2)c(=O)[nH]c1=O. The van der Waals surface area contributed by atoms with Gasteiger partial charge in [-0.3, -0.25) is 19.1 Å². The van der Waals surface area contributed by atoms with E-state index >= 15 is 0 Å². The largest absolute Gasteiger partial charge is 0.390 e. The van der Waals surface area contributed by atoms with Gasteiger partial charge in [-0.1, -0.05) is 30.3 Å². The third-order valence-electron chi connectivity index (χ3n) is 5.38. The third-order valence-corrected chi connectivity index (χ3v) is 5.38. The first-order chi connectivity index (χ1) is 12.8. The molecule has 2 atom stereocenters. The minimum absolute atomic E-state index is 0.0911. The van der Waals surface area contributed by atoms with Gasteiger partial charge in [-0.25, -0.2) is 4.79 Å². The van der Waals surface area contributed by atoms with E-state index in [9.17, 15) is 19.5 Å². The highest BCUT2D eigenvalue weighted by atomic mass is 16.3. The van der Waals surface area contributed by atoms with Gasteiger partial charge in [0.1, 0.15) is 6.54 Å². The van der Waals surface area contributed by atoms with Crippen LogP contribution in [0.15, 0.2) is 46.1 Å². The highest BCUT2D eigenvalue weighted by Crippen LogP contribution is 2.30. The highest BCUT2D eigenvalue weighted by molar-refractivity contribution is 5.76. The van der Waals surface area contributed by atoms with Crippen molar-refractivity contribution < 1.29 is 9.90 Å². The first-order valence-corrected chi connectivity index (χ1v) is 9.11. The van der Waals surface area contributed by atoms with Crippen LogP contribution >= 0.6 is 0 Å². The molecule has 0 aliphatic carbocycles. The van der Waals surface area contributed by atoms with Crippen molar-refractivity contribution in [2.24, 2.45) is 5.92 Å². The Balaban J connectivity index is 1.73. The molecule has 0 saturated carbocycles. The van der Waals surface area contributed by atoms with Crippen LogP contribution in [0.1, 0.15) is 24.5 Å². The summed E-state index contributed by atoms with van der Waals surface area (Å²) < 4.78 is 1.22. The van der Waals surface area contributed by atoms with Crippen molar-refractivity contribution in [2.75, 3.05) is 13.1 Å². The first-order valence-electron chi connectivity index (χ1n) is 9.11. The molecule has 144 valence electrons. The van der Waals surface area contributed by atoms with Gasteiger partial charge in [-0.2, -0.15) is 0 Å². The number of amides is 1. The van der Waals surface area contributed by atoms with Crippen LogP contribution in [0.3, 0.4) is 0 Å².